The van der Waals surface area contributed by atoms with Crippen molar-refractivity contribution in [2.45, 2.75) is 38.5 Å². The fourth-order valence-corrected chi connectivity index (χ4v) is 3.88. The van der Waals surface area contributed by atoms with Gasteiger partial charge in [-0.2, -0.15) is 11.3 Å². The van der Waals surface area contributed by atoms with Crippen LogP contribution in [0.1, 0.15) is 44.1 Å². The lowest BCUT2D eigenvalue weighted by Gasteiger charge is -2.26. The van der Waals surface area contributed by atoms with Crippen molar-refractivity contribution in [2.75, 3.05) is 0 Å². The summed E-state index contributed by atoms with van der Waals surface area (Å²) in [6.45, 7) is 2.31. The second kappa shape index (κ2) is 5.73. The number of rotatable bonds is 2. The Bertz CT molecular complexity index is 597. The monoisotopic (exact) mass is 284 g/mol. The molecule has 1 saturated carbocycles. The number of hydrogen-bond acceptors (Lipinski definition) is 1. The van der Waals surface area contributed by atoms with E-state index < -0.39 is 0 Å². The van der Waals surface area contributed by atoms with Crippen molar-refractivity contribution in [3.05, 3.63) is 41.7 Å². The molecule has 0 nitrogen and oxygen atoms in total. The minimum atomic E-state index is -0.122. The molecular formula is C17H18BFS. The lowest BCUT2D eigenvalue weighted by Crippen LogP contribution is -2.11. The van der Waals surface area contributed by atoms with E-state index in [0.29, 0.717) is 11.5 Å². The lowest BCUT2D eigenvalue weighted by atomic mass is 9.79. The van der Waals surface area contributed by atoms with Gasteiger partial charge in [0.25, 0.3) is 0 Å². The average Bonchev–Trinajstić information content (AvgIpc) is 2.86. The molecule has 1 aromatic carbocycles. The van der Waals surface area contributed by atoms with Gasteiger partial charge in [0.1, 0.15) is 13.7 Å². The summed E-state index contributed by atoms with van der Waals surface area (Å²) in [6.07, 6.45) is 4.89. The predicted molar refractivity (Wildman–Crippen MR) is 85.5 cm³/mol. The summed E-state index contributed by atoms with van der Waals surface area (Å²) >= 11 is 1.43. The predicted octanol–water partition coefficient (Wildman–Crippen LogP) is 4.64. The molecule has 0 spiro atoms. The van der Waals surface area contributed by atoms with Crippen LogP contribution in [0, 0.1) is 11.7 Å². The van der Waals surface area contributed by atoms with Gasteiger partial charge in [0, 0.05) is 10.4 Å². The van der Waals surface area contributed by atoms with Gasteiger partial charge in [-0.05, 0) is 47.2 Å². The Morgan fingerprint density at radius 3 is 2.45 bits per heavy atom. The highest BCUT2D eigenvalue weighted by Gasteiger charge is 2.20. The van der Waals surface area contributed by atoms with E-state index in [4.69, 9.17) is 7.85 Å². The molecule has 1 heterocycles. The molecule has 0 unspecified atom stereocenters. The zero-order valence-electron chi connectivity index (χ0n) is 11.7. The van der Waals surface area contributed by atoms with Crippen molar-refractivity contribution >= 4 is 24.0 Å². The Morgan fingerprint density at radius 1 is 1.10 bits per heavy atom. The molecule has 2 aromatic rings. The van der Waals surface area contributed by atoms with Crippen LogP contribution in [-0.4, -0.2) is 7.85 Å². The van der Waals surface area contributed by atoms with Crippen molar-refractivity contribution in [1.29, 1.82) is 0 Å². The van der Waals surface area contributed by atoms with Crippen LogP contribution in [0.15, 0.2) is 30.3 Å². The second-order valence-electron chi connectivity index (χ2n) is 5.90. The molecule has 0 amide bonds. The van der Waals surface area contributed by atoms with Gasteiger partial charge in [-0.1, -0.05) is 38.0 Å². The van der Waals surface area contributed by atoms with E-state index in [-0.39, 0.29) is 5.82 Å². The Hall–Kier alpha value is -1.09. The zero-order chi connectivity index (χ0) is 14.1. The molecule has 0 saturated heterocycles. The number of halogens is 1. The SMILES string of the molecule is [B]c1ccc(-c2ccc(C3CCC(C)CC3)cc2F)s1. The van der Waals surface area contributed by atoms with Gasteiger partial charge in [-0.15, -0.1) is 0 Å². The van der Waals surface area contributed by atoms with Gasteiger partial charge in [0.05, 0.1) is 0 Å². The van der Waals surface area contributed by atoms with Gasteiger partial charge in [0.2, 0.25) is 0 Å². The molecule has 102 valence electrons. The Kier molecular flexibility index (Phi) is 3.97. The fourth-order valence-electron chi connectivity index (χ4n) is 3.08. The quantitative estimate of drug-likeness (QED) is 0.705. The molecule has 1 aliphatic carbocycles. The number of benzene rings is 1. The zero-order valence-corrected chi connectivity index (χ0v) is 12.5. The molecule has 1 aliphatic rings. The van der Waals surface area contributed by atoms with Crippen LogP contribution in [0.3, 0.4) is 0 Å². The molecule has 3 rings (SSSR count). The summed E-state index contributed by atoms with van der Waals surface area (Å²) in [4.78, 5) is 0.906. The van der Waals surface area contributed by atoms with Crippen LogP contribution in [0.2, 0.25) is 0 Å². The summed E-state index contributed by atoms with van der Waals surface area (Å²) in [5, 5.41) is 0. The van der Waals surface area contributed by atoms with Crippen LogP contribution in [0.4, 0.5) is 4.39 Å². The topological polar surface area (TPSA) is 0 Å². The van der Waals surface area contributed by atoms with Crippen molar-refractivity contribution in [3.63, 3.8) is 0 Å². The molecule has 1 fully saturated rings. The van der Waals surface area contributed by atoms with E-state index >= 15 is 0 Å². The maximum atomic E-state index is 14.3. The van der Waals surface area contributed by atoms with Gasteiger partial charge < -0.3 is 0 Å². The number of thiophene rings is 1. The van der Waals surface area contributed by atoms with Gasteiger partial charge >= 0.3 is 0 Å². The van der Waals surface area contributed by atoms with Crippen LogP contribution < -0.4 is 4.78 Å². The van der Waals surface area contributed by atoms with Crippen molar-refractivity contribution in [3.8, 4) is 10.4 Å². The van der Waals surface area contributed by atoms with Gasteiger partial charge in [-0.25, -0.2) is 4.39 Å². The second-order valence-corrected chi connectivity index (χ2v) is 7.01. The highest BCUT2D eigenvalue weighted by molar-refractivity contribution is 7.23. The summed E-state index contributed by atoms with van der Waals surface area (Å²) in [5.74, 6) is 1.23. The Balaban J connectivity index is 1.84. The minimum absolute atomic E-state index is 0.122. The first-order valence-corrected chi connectivity index (χ1v) is 8.10. The molecule has 1 aromatic heterocycles. The largest absolute Gasteiger partial charge is 0.206 e. The van der Waals surface area contributed by atoms with Crippen LogP contribution in [-0.2, 0) is 0 Å². The lowest BCUT2D eigenvalue weighted by molar-refractivity contribution is 0.347. The molecule has 3 heteroatoms. The Morgan fingerprint density at radius 2 is 1.85 bits per heavy atom. The highest BCUT2D eigenvalue weighted by Crippen LogP contribution is 2.37. The van der Waals surface area contributed by atoms with Crippen molar-refractivity contribution in [2.24, 2.45) is 5.92 Å². The average molecular weight is 284 g/mol. The number of hydrogen-bond donors (Lipinski definition) is 0. The first kappa shape index (κ1) is 13.9. The van der Waals surface area contributed by atoms with Gasteiger partial charge in [-0.3, -0.25) is 0 Å². The summed E-state index contributed by atoms with van der Waals surface area (Å²) < 4.78 is 15.1. The molecule has 2 radical (unpaired) electrons. The maximum Gasteiger partial charge on any atom is 0.132 e. The molecule has 20 heavy (non-hydrogen) atoms. The van der Waals surface area contributed by atoms with E-state index in [9.17, 15) is 4.39 Å². The smallest absolute Gasteiger partial charge is 0.132 e. The van der Waals surface area contributed by atoms with E-state index in [2.05, 4.69) is 13.0 Å². The first-order chi connectivity index (χ1) is 9.63. The molecule has 0 atom stereocenters. The maximum absolute atomic E-state index is 14.3. The minimum Gasteiger partial charge on any atom is -0.206 e. The Labute approximate surface area is 125 Å². The third kappa shape index (κ3) is 2.83. The summed E-state index contributed by atoms with van der Waals surface area (Å²) in [7, 11) is 5.72. The molecule has 0 aliphatic heterocycles. The van der Waals surface area contributed by atoms with Crippen LogP contribution in [0.25, 0.3) is 10.4 Å². The van der Waals surface area contributed by atoms with E-state index in [1.165, 1.54) is 37.0 Å². The van der Waals surface area contributed by atoms with E-state index in [1.807, 2.05) is 18.2 Å². The third-order valence-electron chi connectivity index (χ3n) is 4.37. The van der Waals surface area contributed by atoms with Gasteiger partial charge in [0.15, 0.2) is 0 Å². The highest BCUT2D eigenvalue weighted by atomic mass is 32.1. The molecular weight excluding hydrogens is 266 g/mol. The van der Waals surface area contributed by atoms with Crippen LogP contribution >= 0.6 is 11.3 Å². The van der Waals surface area contributed by atoms with E-state index in [1.54, 1.807) is 6.07 Å². The summed E-state index contributed by atoms with van der Waals surface area (Å²) in [5.41, 5.74) is 1.82. The van der Waals surface area contributed by atoms with E-state index in [0.717, 1.165) is 21.1 Å². The fraction of sp³-hybridized carbons (Fsp3) is 0.412. The first-order valence-electron chi connectivity index (χ1n) is 7.28. The standard InChI is InChI=1S/C17H18BFS/c1-11-2-4-12(5-3-11)13-6-7-14(15(19)10-13)16-8-9-17(18)20-16/h6-12H,2-5H2,1H3. The third-order valence-corrected chi connectivity index (χ3v) is 5.32. The van der Waals surface area contributed by atoms with Crippen LogP contribution in [0.5, 0.6) is 0 Å². The normalized spacial score (nSPS) is 22.9. The van der Waals surface area contributed by atoms with Crippen molar-refractivity contribution in [1.82, 2.24) is 0 Å². The molecule has 0 N–H and O–H groups in total. The van der Waals surface area contributed by atoms with Crippen molar-refractivity contribution < 1.29 is 4.39 Å². The summed E-state index contributed by atoms with van der Waals surface area (Å²) in [6, 6.07) is 9.45. The molecule has 0 bridgehead atoms.